The molecule has 1 unspecified atom stereocenters. The lowest BCUT2D eigenvalue weighted by Crippen LogP contribution is -2.56. The number of alkyl carbamates (subject to hydrolysis) is 1. The van der Waals surface area contributed by atoms with Gasteiger partial charge in [0.25, 0.3) is 0 Å². The molecular weight excluding hydrogens is 827 g/mol. The monoisotopic (exact) mass is 887 g/mol. The molecule has 6 aliphatic rings. The normalized spacial score (nSPS) is 30.0. The van der Waals surface area contributed by atoms with Crippen LogP contribution in [-0.4, -0.2) is 131 Å². The number of thiazole rings is 1. The van der Waals surface area contributed by atoms with E-state index in [1.807, 2.05) is 29.6 Å². The summed E-state index contributed by atoms with van der Waals surface area (Å²) in [5, 5.41) is 23.0. The van der Waals surface area contributed by atoms with Crippen LogP contribution >= 0.6 is 11.3 Å². The topological polar surface area (TPSA) is 194 Å². The number of aromatic nitrogens is 2. The second-order valence-corrected chi connectivity index (χ2v) is 19.6. The smallest absolute Gasteiger partial charge is 0.408 e. The molecular formula is C46H61N7O9S. The van der Waals surface area contributed by atoms with Gasteiger partial charge in [0.05, 0.1) is 31.0 Å². The molecule has 3 aliphatic carbocycles. The summed E-state index contributed by atoms with van der Waals surface area (Å²) in [6.07, 6.45) is 7.29. The van der Waals surface area contributed by atoms with Gasteiger partial charge in [-0.25, -0.2) is 19.6 Å². The summed E-state index contributed by atoms with van der Waals surface area (Å²) in [4.78, 5) is 68.9. The number of pyridine rings is 1. The number of carboxylic acid groups (broad SMARTS) is 1. The Labute approximate surface area is 372 Å². The molecule has 1 aromatic carbocycles. The third kappa shape index (κ3) is 10.1. The molecule has 3 saturated heterocycles. The van der Waals surface area contributed by atoms with Crippen LogP contribution in [0.25, 0.3) is 22.3 Å². The van der Waals surface area contributed by atoms with Gasteiger partial charge in [-0.15, -0.1) is 11.3 Å². The summed E-state index contributed by atoms with van der Waals surface area (Å²) >= 11 is 1.48. The van der Waals surface area contributed by atoms with Crippen molar-refractivity contribution in [3.05, 3.63) is 29.6 Å². The van der Waals surface area contributed by atoms with Crippen molar-refractivity contribution in [1.82, 2.24) is 30.4 Å². The number of hydrogen-bond donors (Lipinski definition) is 4. The zero-order valence-electron chi connectivity index (χ0n) is 36.4. The van der Waals surface area contributed by atoms with E-state index in [2.05, 4.69) is 34.7 Å². The maximum absolute atomic E-state index is 14.8. The van der Waals surface area contributed by atoms with Crippen molar-refractivity contribution in [2.75, 3.05) is 51.3 Å². The van der Waals surface area contributed by atoms with Crippen molar-refractivity contribution >= 4 is 51.2 Å². The molecule has 9 rings (SSSR count). The van der Waals surface area contributed by atoms with Gasteiger partial charge in [-0.05, 0) is 82.3 Å². The fraction of sp³-hybridized carbons (Fsp3) is 0.652. The van der Waals surface area contributed by atoms with E-state index in [4.69, 9.17) is 28.9 Å². The van der Waals surface area contributed by atoms with E-state index in [9.17, 15) is 24.3 Å². The number of amides is 3. The number of anilines is 1. The highest BCUT2D eigenvalue weighted by Gasteiger charge is 2.62. The highest BCUT2D eigenvalue weighted by Crippen LogP contribution is 2.52. The number of hydrogen-bond acceptors (Lipinski definition) is 13. The molecule has 8 atom stereocenters. The summed E-state index contributed by atoms with van der Waals surface area (Å²) in [5.41, 5.74) is 0.507. The SMILES string of the molecule is CC(C)Nc1nc(-c2cc(O[C@@H]3C[C@H]4C(=O)N[C@]5(C(=O)O)C[C@H]5CCCCCCC[C@H](NC(=O)OC5C[C@@H]6C[C@@H]6C5)C(=O)N4C3)c3ccc(OCCN4CCOCC4)cc3n2)cs1. The average Bonchev–Trinajstić information content (AvgIpc) is 3.91. The molecule has 17 heteroatoms. The highest BCUT2D eigenvalue weighted by atomic mass is 32.1. The standard InChI is InChI=1S/C46H61N7O9S/c1-27(2)47-44-49-38(26-63-44)37-23-40(34-11-10-31(21-36(34)48-37)60-17-14-52-12-15-59-16-13-52)61-33-22-39-41(54)51-46(43(56)57)24-30(46)8-6-4-3-5-7-9-35(42(55)53(39)25-33)50-45(58)62-32-19-28-18-29(28)20-32/h10-11,21,23,26-30,32-33,35,39H,3-9,12-20,22,24-25H2,1-2H3,(H,47,49)(H,50,58)(H,51,54)(H,56,57)/t28-,29+,30-,32?,33-,35+,39+,46-/m1/s1. The van der Waals surface area contributed by atoms with Crippen LogP contribution in [-0.2, 0) is 23.9 Å². The van der Waals surface area contributed by atoms with E-state index < -0.39 is 47.6 Å². The Morgan fingerprint density at radius 3 is 2.54 bits per heavy atom. The van der Waals surface area contributed by atoms with Crippen molar-refractivity contribution < 1.29 is 43.2 Å². The van der Waals surface area contributed by atoms with E-state index in [0.29, 0.717) is 91.1 Å². The number of carboxylic acids is 1. The lowest BCUT2D eigenvalue weighted by atomic mass is 10.0. The number of nitrogens with zero attached hydrogens (tertiary/aromatic N) is 4. The van der Waals surface area contributed by atoms with Crippen LogP contribution in [0.5, 0.6) is 11.5 Å². The molecule has 2 aromatic heterocycles. The minimum Gasteiger partial charge on any atom is -0.492 e. The minimum atomic E-state index is -1.37. The second kappa shape index (κ2) is 18.8. The van der Waals surface area contributed by atoms with Gasteiger partial charge >= 0.3 is 12.1 Å². The Hall–Kier alpha value is -4.74. The largest absolute Gasteiger partial charge is 0.492 e. The number of fused-ring (bicyclic) bond motifs is 4. The first-order valence-corrected chi connectivity index (χ1v) is 24.0. The van der Waals surface area contributed by atoms with Crippen LogP contribution in [0.15, 0.2) is 29.6 Å². The van der Waals surface area contributed by atoms with E-state index in [0.717, 1.165) is 63.3 Å². The summed E-state index contributed by atoms with van der Waals surface area (Å²) in [6, 6.07) is 5.76. The molecule has 0 bridgehead atoms. The summed E-state index contributed by atoms with van der Waals surface area (Å²) in [6.45, 7) is 8.58. The third-order valence-electron chi connectivity index (χ3n) is 13.8. The number of nitrogens with one attached hydrogen (secondary N) is 3. The lowest BCUT2D eigenvalue weighted by molar-refractivity contribution is -0.146. The van der Waals surface area contributed by atoms with Crippen molar-refractivity contribution in [3.63, 3.8) is 0 Å². The molecule has 0 spiro atoms. The van der Waals surface area contributed by atoms with Crippen LogP contribution in [0.2, 0.25) is 0 Å². The van der Waals surface area contributed by atoms with E-state index in [1.165, 1.54) is 22.7 Å². The zero-order valence-corrected chi connectivity index (χ0v) is 37.2. The van der Waals surface area contributed by atoms with Gasteiger partial charge in [0.15, 0.2) is 5.13 Å². The number of benzene rings is 1. The summed E-state index contributed by atoms with van der Waals surface area (Å²) in [5.74, 6) is 0.225. The number of morpholine rings is 1. The fourth-order valence-corrected chi connectivity index (χ4v) is 11.0. The molecule has 4 N–H and O–H groups in total. The van der Waals surface area contributed by atoms with Crippen LogP contribution in [0.1, 0.15) is 90.9 Å². The number of rotatable bonds is 12. The Bertz CT molecular complexity index is 2150. The minimum absolute atomic E-state index is 0.0423. The summed E-state index contributed by atoms with van der Waals surface area (Å²) < 4.78 is 24.4. The Kier molecular flexibility index (Phi) is 13.0. The van der Waals surface area contributed by atoms with Gasteiger partial charge in [0.2, 0.25) is 11.8 Å². The van der Waals surface area contributed by atoms with Crippen LogP contribution in [0.4, 0.5) is 9.93 Å². The van der Waals surface area contributed by atoms with Crippen LogP contribution < -0.4 is 25.4 Å². The van der Waals surface area contributed by atoms with E-state index in [1.54, 1.807) is 0 Å². The van der Waals surface area contributed by atoms with E-state index in [-0.39, 0.29) is 31.0 Å². The fourth-order valence-electron chi connectivity index (χ4n) is 10.1. The first kappa shape index (κ1) is 43.5. The number of ether oxygens (including phenoxy) is 4. The third-order valence-corrected chi connectivity index (χ3v) is 14.6. The molecule has 3 aliphatic heterocycles. The van der Waals surface area contributed by atoms with Crippen LogP contribution in [0.3, 0.4) is 0 Å². The van der Waals surface area contributed by atoms with Gasteiger partial charge in [-0.3, -0.25) is 14.5 Å². The molecule has 5 heterocycles. The average molecular weight is 888 g/mol. The van der Waals surface area contributed by atoms with Gasteiger partial charge in [-0.1, -0.05) is 32.1 Å². The molecule has 0 radical (unpaired) electrons. The highest BCUT2D eigenvalue weighted by molar-refractivity contribution is 7.14. The molecule has 16 nitrogen and oxygen atoms in total. The lowest BCUT2D eigenvalue weighted by Gasteiger charge is -2.29. The predicted molar refractivity (Wildman–Crippen MR) is 236 cm³/mol. The van der Waals surface area contributed by atoms with Gasteiger partial charge < -0.3 is 44.9 Å². The van der Waals surface area contributed by atoms with Crippen molar-refractivity contribution in [3.8, 4) is 22.9 Å². The predicted octanol–water partition coefficient (Wildman–Crippen LogP) is 5.84. The number of carbonyl (C=O) groups excluding carboxylic acids is 3. The van der Waals surface area contributed by atoms with Crippen molar-refractivity contribution in [1.29, 1.82) is 0 Å². The first-order chi connectivity index (χ1) is 30.5. The van der Waals surface area contributed by atoms with E-state index >= 15 is 0 Å². The van der Waals surface area contributed by atoms with Crippen LogP contribution in [0, 0.1) is 17.8 Å². The molecule has 3 amide bonds. The molecule has 3 aromatic rings. The first-order valence-electron chi connectivity index (χ1n) is 23.1. The second-order valence-electron chi connectivity index (χ2n) is 18.8. The Morgan fingerprint density at radius 2 is 1.76 bits per heavy atom. The zero-order chi connectivity index (χ0) is 43.7. The number of carbonyl (C=O) groups is 4. The summed E-state index contributed by atoms with van der Waals surface area (Å²) in [7, 11) is 0. The maximum Gasteiger partial charge on any atom is 0.408 e. The molecule has 6 fully saturated rings. The number of aliphatic carboxylic acids is 1. The molecule has 3 saturated carbocycles. The van der Waals surface area contributed by atoms with Crippen molar-refractivity contribution in [2.45, 2.75) is 127 Å². The van der Waals surface area contributed by atoms with Gasteiger partial charge in [-0.2, -0.15) is 0 Å². The van der Waals surface area contributed by atoms with Crippen molar-refractivity contribution in [2.24, 2.45) is 17.8 Å². The maximum atomic E-state index is 14.8. The van der Waals surface area contributed by atoms with Gasteiger partial charge in [0, 0.05) is 55.0 Å². The van der Waals surface area contributed by atoms with Gasteiger partial charge in [0.1, 0.15) is 53.6 Å². The molecule has 63 heavy (non-hydrogen) atoms. The quantitative estimate of drug-likeness (QED) is 0.170. The molecule has 340 valence electrons. The Balaban J connectivity index is 0.993. The Morgan fingerprint density at radius 1 is 0.984 bits per heavy atom.